The maximum Gasteiger partial charge on any atom is 0.201 e. The largest absolute Gasteiger partial charge is 0.369 e. The Hall–Kier alpha value is -1.23. The van der Waals surface area contributed by atoms with Gasteiger partial charge in [-0.15, -0.1) is 0 Å². The molecule has 1 aliphatic rings. The fourth-order valence-corrected chi connectivity index (χ4v) is 4.17. The molecule has 1 fully saturated rings. The number of hydrogen-bond donors (Lipinski definition) is 1. The van der Waals surface area contributed by atoms with E-state index in [2.05, 4.69) is 21.5 Å². The fraction of sp³-hybridized carbons (Fsp3) is 0.538. The molecule has 0 spiro atoms. The van der Waals surface area contributed by atoms with E-state index in [1.54, 1.807) is 6.20 Å². The van der Waals surface area contributed by atoms with Gasteiger partial charge in [-0.3, -0.25) is 4.98 Å². The quantitative estimate of drug-likeness (QED) is 0.924. The number of rotatable bonds is 3. The molecular formula is C13H18N4S. The summed E-state index contributed by atoms with van der Waals surface area (Å²) in [6.45, 7) is 2.22. The lowest BCUT2D eigenvalue weighted by molar-refractivity contribution is 0.549. The smallest absolute Gasteiger partial charge is 0.201 e. The van der Waals surface area contributed by atoms with Crippen molar-refractivity contribution in [2.45, 2.75) is 37.5 Å². The van der Waals surface area contributed by atoms with E-state index in [1.807, 2.05) is 24.0 Å². The van der Waals surface area contributed by atoms with E-state index in [0.717, 1.165) is 16.8 Å². The Bertz CT molecular complexity index is 551. The SMILES string of the molecule is CCSC1CCCC1n1c(N)nc2cnccc21. The van der Waals surface area contributed by atoms with Gasteiger partial charge >= 0.3 is 0 Å². The average Bonchev–Trinajstić information content (AvgIpc) is 2.92. The summed E-state index contributed by atoms with van der Waals surface area (Å²) in [5, 5.41) is 0.669. The van der Waals surface area contributed by atoms with Crippen LogP contribution in [0.4, 0.5) is 5.95 Å². The molecule has 18 heavy (non-hydrogen) atoms. The van der Waals surface area contributed by atoms with Crippen LogP contribution in [-0.4, -0.2) is 25.5 Å². The predicted molar refractivity (Wildman–Crippen MR) is 76.7 cm³/mol. The van der Waals surface area contributed by atoms with Gasteiger partial charge in [0.05, 0.1) is 11.7 Å². The number of fused-ring (bicyclic) bond motifs is 1. The van der Waals surface area contributed by atoms with E-state index in [0.29, 0.717) is 17.2 Å². The molecule has 1 aliphatic carbocycles. The number of pyridine rings is 1. The Balaban J connectivity index is 2.05. The van der Waals surface area contributed by atoms with Gasteiger partial charge in [0.25, 0.3) is 0 Å². The molecule has 2 aromatic heterocycles. The summed E-state index contributed by atoms with van der Waals surface area (Å²) in [6, 6.07) is 2.51. The van der Waals surface area contributed by atoms with Gasteiger partial charge in [0.2, 0.25) is 5.95 Å². The first-order valence-electron chi connectivity index (χ1n) is 6.50. The summed E-state index contributed by atoms with van der Waals surface area (Å²) in [5.41, 5.74) is 8.13. The van der Waals surface area contributed by atoms with Crippen molar-refractivity contribution in [2.75, 3.05) is 11.5 Å². The van der Waals surface area contributed by atoms with E-state index in [9.17, 15) is 0 Å². The second kappa shape index (κ2) is 4.80. The molecule has 4 nitrogen and oxygen atoms in total. The molecule has 0 amide bonds. The fourth-order valence-electron chi connectivity index (χ4n) is 2.93. The van der Waals surface area contributed by atoms with E-state index < -0.39 is 0 Å². The highest BCUT2D eigenvalue weighted by molar-refractivity contribution is 7.99. The number of nitrogen functional groups attached to an aromatic ring is 1. The molecule has 0 aromatic carbocycles. The van der Waals surface area contributed by atoms with Gasteiger partial charge < -0.3 is 10.3 Å². The molecular weight excluding hydrogens is 244 g/mol. The number of aromatic nitrogens is 3. The highest BCUT2D eigenvalue weighted by Crippen LogP contribution is 2.41. The van der Waals surface area contributed by atoms with Crippen LogP contribution >= 0.6 is 11.8 Å². The van der Waals surface area contributed by atoms with Crippen LogP contribution < -0.4 is 5.73 Å². The molecule has 2 aromatic rings. The Morgan fingerprint density at radius 3 is 3.22 bits per heavy atom. The molecule has 2 atom stereocenters. The molecule has 0 radical (unpaired) electrons. The van der Waals surface area contributed by atoms with Gasteiger partial charge in [0.15, 0.2) is 0 Å². The Labute approximate surface area is 111 Å². The first-order chi connectivity index (χ1) is 8.81. The van der Waals surface area contributed by atoms with Crippen LogP contribution in [0, 0.1) is 0 Å². The zero-order valence-electron chi connectivity index (χ0n) is 10.5. The third kappa shape index (κ3) is 1.86. The van der Waals surface area contributed by atoms with Crippen LogP contribution in [0.15, 0.2) is 18.5 Å². The summed E-state index contributed by atoms with van der Waals surface area (Å²) in [4.78, 5) is 8.53. The number of nitrogens with zero attached hydrogens (tertiary/aromatic N) is 3. The second-order valence-corrected chi connectivity index (χ2v) is 6.21. The standard InChI is InChI=1S/C13H18N4S/c1-2-18-12-5-3-4-11(12)17-10-6-7-15-8-9(10)16-13(17)14/h6-8,11-12H,2-5H2,1H3,(H2,14,16). The second-order valence-electron chi connectivity index (χ2n) is 4.70. The Kier molecular flexibility index (Phi) is 3.16. The third-order valence-corrected chi connectivity index (χ3v) is 4.96. The predicted octanol–water partition coefficient (Wildman–Crippen LogP) is 2.86. The van der Waals surface area contributed by atoms with E-state index in [4.69, 9.17) is 5.73 Å². The van der Waals surface area contributed by atoms with Crippen molar-refractivity contribution in [3.63, 3.8) is 0 Å². The number of anilines is 1. The molecule has 2 unspecified atom stereocenters. The van der Waals surface area contributed by atoms with E-state index in [-0.39, 0.29) is 0 Å². The van der Waals surface area contributed by atoms with Gasteiger partial charge in [0.1, 0.15) is 5.52 Å². The average molecular weight is 262 g/mol. The van der Waals surface area contributed by atoms with Crippen LogP contribution in [0.1, 0.15) is 32.2 Å². The summed E-state index contributed by atoms with van der Waals surface area (Å²) in [5.74, 6) is 1.79. The Morgan fingerprint density at radius 2 is 2.39 bits per heavy atom. The molecule has 2 N–H and O–H groups in total. The zero-order valence-corrected chi connectivity index (χ0v) is 11.4. The van der Waals surface area contributed by atoms with Gasteiger partial charge in [-0.25, -0.2) is 4.98 Å². The van der Waals surface area contributed by atoms with Crippen molar-refractivity contribution in [3.05, 3.63) is 18.5 Å². The number of hydrogen-bond acceptors (Lipinski definition) is 4. The lowest BCUT2D eigenvalue weighted by atomic mass is 10.2. The monoisotopic (exact) mass is 262 g/mol. The maximum atomic E-state index is 6.11. The number of nitrogens with two attached hydrogens (primary N) is 1. The molecule has 0 bridgehead atoms. The molecule has 0 aliphatic heterocycles. The van der Waals surface area contributed by atoms with Crippen LogP contribution in [0.2, 0.25) is 0 Å². The summed E-state index contributed by atoms with van der Waals surface area (Å²) >= 11 is 2.04. The highest BCUT2D eigenvalue weighted by Gasteiger charge is 2.30. The first kappa shape index (κ1) is 11.8. The molecule has 3 rings (SSSR count). The van der Waals surface area contributed by atoms with Crippen molar-refractivity contribution in [3.8, 4) is 0 Å². The van der Waals surface area contributed by atoms with Crippen LogP contribution in [0.25, 0.3) is 11.0 Å². The van der Waals surface area contributed by atoms with Crippen LogP contribution in [0.5, 0.6) is 0 Å². The summed E-state index contributed by atoms with van der Waals surface area (Å²) < 4.78 is 2.22. The minimum Gasteiger partial charge on any atom is -0.369 e. The van der Waals surface area contributed by atoms with Crippen molar-refractivity contribution >= 4 is 28.7 Å². The zero-order chi connectivity index (χ0) is 12.5. The topological polar surface area (TPSA) is 56.7 Å². The van der Waals surface area contributed by atoms with Crippen molar-refractivity contribution in [2.24, 2.45) is 0 Å². The maximum absolute atomic E-state index is 6.11. The van der Waals surface area contributed by atoms with Crippen molar-refractivity contribution in [1.82, 2.24) is 14.5 Å². The summed E-state index contributed by atoms with van der Waals surface area (Å²) in [7, 11) is 0. The van der Waals surface area contributed by atoms with Gasteiger partial charge in [0, 0.05) is 17.5 Å². The van der Waals surface area contributed by atoms with Crippen LogP contribution in [-0.2, 0) is 0 Å². The molecule has 5 heteroatoms. The van der Waals surface area contributed by atoms with E-state index >= 15 is 0 Å². The number of thioether (sulfide) groups is 1. The molecule has 1 saturated carbocycles. The first-order valence-corrected chi connectivity index (χ1v) is 7.55. The van der Waals surface area contributed by atoms with Gasteiger partial charge in [-0.1, -0.05) is 13.3 Å². The minimum absolute atomic E-state index is 0.488. The van der Waals surface area contributed by atoms with Crippen molar-refractivity contribution < 1.29 is 0 Å². The molecule has 0 saturated heterocycles. The Morgan fingerprint density at radius 1 is 1.50 bits per heavy atom. The van der Waals surface area contributed by atoms with Crippen LogP contribution in [0.3, 0.4) is 0 Å². The van der Waals surface area contributed by atoms with Gasteiger partial charge in [-0.2, -0.15) is 11.8 Å². The van der Waals surface area contributed by atoms with Crippen molar-refractivity contribution in [1.29, 1.82) is 0 Å². The number of imidazole rings is 1. The van der Waals surface area contributed by atoms with Gasteiger partial charge in [-0.05, 0) is 24.7 Å². The lowest BCUT2D eigenvalue weighted by Crippen LogP contribution is -2.18. The molecule has 2 heterocycles. The molecule has 96 valence electrons. The third-order valence-electron chi connectivity index (χ3n) is 3.65. The summed E-state index contributed by atoms with van der Waals surface area (Å²) in [6.07, 6.45) is 7.38. The normalized spacial score (nSPS) is 23.8. The minimum atomic E-state index is 0.488. The van der Waals surface area contributed by atoms with E-state index in [1.165, 1.54) is 19.3 Å². The highest BCUT2D eigenvalue weighted by atomic mass is 32.2. The lowest BCUT2D eigenvalue weighted by Gasteiger charge is -2.22.